The van der Waals surface area contributed by atoms with Crippen LogP contribution in [0.15, 0.2) is 42.7 Å². The number of H-pyrrole nitrogens is 1. The Labute approximate surface area is 179 Å². The number of rotatable bonds is 4. The number of imidazole rings is 1. The summed E-state index contributed by atoms with van der Waals surface area (Å²) in [5.41, 5.74) is 3.70. The van der Waals surface area contributed by atoms with Gasteiger partial charge >= 0.3 is 0 Å². The van der Waals surface area contributed by atoms with Crippen molar-refractivity contribution < 1.29 is 4.79 Å². The van der Waals surface area contributed by atoms with E-state index in [0.29, 0.717) is 12.5 Å². The maximum absolute atomic E-state index is 12.9. The van der Waals surface area contributed by atoms with E-state index in [1.165, 1.54) is 0 Å². The lowest BCUT2D eigenvalue weighted by atomic mass is 9.97. The van der Waals surface area contributed by atoms with Gasteiger partial charge in [-0.1, -0.05) is 12.1 Å². The third-order valence-electron chi connectivity index (χ3n) is 5.61. The molecule has 4 aromatic rings. The largest absolute Gasteiger partial charge is 0.356 e. The van der Waals surface area contributed by atoms with Gasteiger partial charge in [-0.05, 0) is 44.9 Å². The summed E-state index contributed by atoms with van der Waals surface area (Å²) in [4.78, 5) is 31.5. The van der Waals surface area contributed by atoms with Crippen LogP contribution in [0.3, 0.4) is 0 Å². The minimum absolute atomic E-state index is 0.0309. The number of amides is 1. The average Bonchev–Trinajstić information content (AvgIpc) is 3.35. The van der Waals surface area contributed by atoms with Crippen molar-refractivity contribution in [1.82, 2.24) is 29.7 Å². The number of carbonyl (C=O) groups excluding carboxylic acids is 1. The van der Waals surface area contributed by atoms with Gasteiger partial charge in [0.1, 0.15) is 12.1 Å². The molecule has 2 N–H and O–H groups in total. The molecule has 0 saturated carbocycles. The third kappa shape index (κ3) is 3.86. The topological polar surface area (TPSA) is 105 Å². The number of hydrogen-bond acceptors (Lipinski definition) is 6. The van der Waals surface area contributed by atoms with Crippen molar-refractivity contribution in [2.45, 2.75) is 26.7 Å². The van der Waals surface area contributed by atoms with Gasteiger partial charge in [-0.3, -0.25) is 10.1 Å². The zero-order valence-electron chi connectivity index (χ0n) is 17.5. The van der Waals surface area contributed by atoms with Crippen molar-refractivity contribution in [3.63, 3.8) is 0 Å². The van der Waals surface area contributed by atoms with Gasteiger partial charge in [0.15, 0.2) is 5.82 Å². The lowest BCUT2D eigenvalue weighted by Crippen LogP contribution is -2.41. The van der Waals surface area contributed by atoms with Gasteiger partial charge in [-0.15, -0.1) is 0 Å². The van der Waals surface area contributed by atoms with E-state index >= 15 is 0 Å². The normalized spacial score (nSPS) is 16.6. The number of benzene rings is 1. The first-order valence-corrected chi connectivity index (χ1v) is 10.4. The molecule has 31 heavy (non-hydrogen) atoms. The van der Waals surface area contributed by atoms with Crippen molar-refractivity contribution in [1.29, 1.82) is 0 Å². The van der Waals surface area contributed by atoms with Crippen LogP contribution in [0.2, 0.25) is 0 Å². The third-order valence-corrected chi connectivity index (χ3v) is 5.61. The molecule has 1 fully saturated rings. The molecule has 3 aromatic heterocycles. The van der Waals surface area contributed by atoms with E-state index < -0.39 is 0 Å². The second kappa shape index (κ2) is 7.82. The van der Waals surface area contributed by atoms with Crippen LogP contribution >= 0.6 is 0 Å². The summed E-state index contributed by atoms with van der Waals surface area (Å²) in [6.45, 7) is 5.41. The molecule has 1 atom stereocenters. The van der Waals surface area contributed by atoms with Crippen molar-refractivity contribution in [2.75, 3.05) is 23.3 Å². The summed E-state index contributed by atoms with van der Waals surface area (Å²) < 4.78 is 1.82. The van der Waals surface area contributed by atoms with Crippen molar-refractivity contribution in [3.8, 4) is 5.82 Å². The van der Waals surface area contributed by atoms with E-state index in [1.807, 2.05) is 54.9 Å². The number of aromatic amines is 1. The highest BCUT2D eigenvalue weighted by Gasteiger charge is 2.27. The van der Waals surface area contributed by atoms with E-state index in [1.54, 1.807) is 6.33 Å². The van der Waals surface area contributed by atoms with E-state index in [9.17, 15) is 4.79 Å². The molecule has 0 radical (unpaired) electrons. The zero-order valence-corrected chi connectivity index (χ0v) is 17.5. The Morgan fingerprint density at radius 3 is 2.81 bits per heavy atom. The number of fused-ring (bicyclic) bond motifs is 1. The molecule has 5 rings (SSSR count). The van der Waals surface area contributed by atoms with E-state index in [2.05, 4.69) is 35.3 Å². The highest BCUT2D eigenvalue weighted by molar-refractivity contribution is 5.93. The number of aryl methyl sites for hydroxylation is 2. The summed E-state index contributed by atoms with van der Waals surface area (Å²) in [5, 5.41) is 7.45. The first-order chi connectivity index (χ1) is 15.1. The van der Waals surface area contributed by atoms with Crippen LogP contribution in [0, 0.1) is 19.8 Å². The lowest BCUT2D eigenvalue weighted by Gasteiger charge is -2.32. The van der Waals surface area contributed by atoms with Gasteiger partial charge < -0.3 is 9.88 Å². The second-order valence-electron chi connectivity index (χ2n) is 7.95. The Morgan fingerprint density at radius 1 is 1.16 bits per heavy atom. The minimum Gasteiger partial charge on any atom is -0.356 e. The maximum atomic E-state index is 12.9. The molecule has 0 bridgehead atoms. The number of aromatic nitrogens is 6. The highest BCUT2D eigenvalue weighted by atomic mass is 16.2. The zero-order chi connectivity index (χ0) is 21.4. The molecule has 4 heterocycles. The number of para-hydroxylation sites is 2. The molecule has 1 saturated heterocycles. The summed E-state index contributed by atoms with van der Waals surface area (Å²) in [7, 11) is 0. The van der Waals surface area contributed by atoms with Crippen LogP contribution < -0.4 is 10.2 Å². The number of carbonyl (C=O) groups is 1. The van der Waals surface area contributed by atoms with Gasteiger partial charge in [0.05, 0.1) is 22.6 Å². The van der Waals surface area contributed by atoms with E-state index in [0.717, 1.165) is 53.4 Å². The molecular weight excluding hydrogens is 392 g/mol. The molecule has 1 aromatic carbocycles. The van der Waals surface area contributed by atoms with Gasteiger partial charge in [-0.25, -0.2) is 19.6 Å². The fourth-order valence-corrected chi connectivity index (χ4v) is 4.12. The minimum atomic E-state index is -0.144. The molecule has 9 heteroatoms. The summed E-state index contributed by atoms with van der Waals surface area (Å²) in [6.07, 6.45) is 3.30. The maximum Gasteiger partial charge on any atom is 0.231 e. The molecule has 0 aliphatic carbocycles. The second-order valence-corrected chi connectivity index (χ2v) is 7.95. The predicted molar refractivity (Wildman–Crippen MR) is 118 cm³/mol. The van der Waals surface area contributed by atoms with Gasteiger partial charge in [0.2, 0.25) is 11.9 Å². The average molecular weight is 416 g/mol. The smallest absolute Gasteiger partial charge is 0.231 e. The van der Waals surface area contributed by atoms with Gasteiger partial charge in [0.25, 0.3) is 0 Å². The molecule has 158 valence electrons. The van der Waals surface area contributed by atoms with E-state index in [-0.39, 0.29) is 11.8 Å². The van der Waals surface area contributed by atoms with Crippen molar-refractivity contribution in [3.05, 3.63) is 54.1 Å². The van der Waals surface area contributed by atoms with Crippen LogP contribution in [0.25, 0.3) is 16.9 Å². The molecule has 0 spiro atoms. The first kappa shape index (κ1) is 19.2. The van der Waals surface area contributed by atoms with Crippen LogP contribution in [0.1, 0.15) is 24.2 Å². The van der Waals surface area contributed by atoms with Crippen LogP contribution in [-0.4, -0.2) is 48.7 Å². The summed E-state index contributed by atoms with van der Waals surface area (Å²) in [5.74, 6) is 1.84. The first-order valence-electron chi connectivity index (χ1n) is 10.4. The Balaban J connectivity index is 1.31. The highest BCUT2D eigenvalue weighted by Crippen LogP contribution is 2.24. The predicted octanol–water partition coefficient (Wildman–Crippen LogP) is 3.01. The Hall–Kier alpha value is -3.75. The Morgan fingerprint density at radius 2 is 2.00 bits per heavy atom. The van der Waals surface area contributed by atoms with Crippen molar-refractivity contribution in [2.24, 2.45) is 5.92 Å². The molecular formula is C22H24N8O. The molecule has 1 amide bonds. The van der Waals surface area contributed by atoms with Crippen LogP contribution in [0.4, 0.5) is 11.8 Å². The summed E-state index contributed by atoms with van der Waals surface area (Å²) >= 11 is 0. The number of nitrogens with zero attached hydrogens (tertiary/aromatic N) is 6. The molecule has 0 unspecified atom stereocenters. The van der Waals surface area contributed by atoms with Crippen LogP contribution in [0.5, 0.6) is 0 Å². The number of piperidine rings is 1. The number of hydrogen-bond donors (Lipinski definition) is 2. The van der Waals surface area contributed by atoms with Crippen LogP contribution in [-0.2, 0) is 4.79 Å². The fourth-order valence-electron chi connectivity index (χ4n) is 4.12. The van der Waals surface area contributed by atoms with E-state index in [4.69, 9.17) is 0 Å². The summed E-state index contributed by atoms with van der Waals surface area (Å²) in [6, 6.07) is 11.7. The van der Waals surface area contributed by atoms with Crippen molar-refractivity contribution >= 4 is 28.7 Å². The Kier molecular flexibility index (Phi) is 4.85. The monoisotopic (exact) mass is 416 g/mol. The fraction of sp³-hybridized carbons (Fsp3) is 0.318. The number of nitrogens with one attached hydrogen (secondary N) is 2. The number of anilines is 2. The molecule has 9 nitrogen and oxygen atoms in total. The molecule has 1 aliphatic rings. The lowest BCUT2D eigenvalue weighted by molar-refractivity contribution is -0.120. The standard InChI is InChI=1S/C22H24N8O/c1-14-10-15(2)30(28-14)20-11-19(23-13-24-20)29-9-5-6-16(12-29)21(31)27-22-25-17-7-3-4-8-18(17)26-22/h3-4,7-8,10-11,13,16H,5-6,9,12H2,1-2H3,(H2,25,26,27,31)/t16-/m1/s1. The Bertz CT molecular complexity index is 1210. The molecule has 1 aliphatic heterocycles. The quantitative estimate of drug-likeness (QED) is 0.530. The van der Waals surface area contributed by atoms with Gasteiger partial charge in [-0.2, -0.15) is 5.10 Å². The van der Waals surface area contributed by atoms with Gasteiger partial charge in [0, 0.05) is 24.8 Å². The SMILES string of the molecule is Cc1cc(C)n(-c2cc(N3CCC[C@@H](C(=O)Nc4nc5ccccc5[nH]4)C3)ncn2)n1.